The van der Waals surface area contributed by atoms with Gasteiger partial charge in [-0.25, -0.2) is 0 Å². The molecular weight excluding hydrogens is 168 g/mol. The second-order valence-electron chi connectivity index (χ2n) is 4.00. The summed E-state index contributed by atoms with van der Waals surface area (Å²) in [6.45, 7) is 2.15. The molecule has 0 amide bonds. The van der Waals surface area contributed by atoms with Crippen LogP contribution < -0.4 is 0 Å². The molecule has 1 aromatic rings. The Morgan fingerprint density at radius 2 is 2.07 bits per heavy atom. The van der Waals surface area contributed by atoms with E-state index < -0.39 is 0 Å². The Bertz CT molecular complexity index is 473. The van der Waals surface area contributed by atoms with E-state index in [2.05, 4.69) is 55.5 Å². The summed E-state index contributed by atoms with van der Waals surface area (Å²) in [6, 6.07) is 6.70. The number of benzene rings is 1. The largest absolute Gasteiger partial charge is 0.0726 e. The first kappa shape index (κ1) is 7.81. The van der Waals surface area contributed by atoms with Gasteiger partial charge in [-0.05, 0) is 23.6 Å². The fourth-order valence-electron chi connectivity index (χ4n) is 2.25. The summed E-state index contributed by atoms with van der Waals surface area (Å²) in [5, 5.41) is 0. The minimum absolute atomic E-state index is 0.509. The van der Waals surface area contributed by atoms with Gasteiger partial charge in [-0.3, -0.25) is 0 Å². The van der Waals surface area contributed by atoms with Crippen molar-refractivity contribution in [2.45, 2.75) is 12.8 Å². The van der Waals surface area contributed by atoms with Crippen molar-refractivity contribution in [3.8, 4) is 0 Å². The van der Waals surface area contributed by atoms with E-state index in [1.54, 1.807) is 0 Å². The van der Waals surface area contributed by atoms with Gasteiger partial charge in [-0.1, -0.05) is 54.1 Å². The molecule has 0 saturated carbocycles. The Hall–Kier alpha value is -1.56. The van der Waals surface area contributed by atoms with E-state index in [1.807, 2.05) is 0 Å². The van der Waals surface area contributed by atoms with Gasteiger partial charge < -0.3 is 0 Å². The molecule has 0 fully saturated rings. The second kappa shape index (κ2) is 2.71. The Balaban J connectivity index is 2.20. The van der Waals surface area contributed by atoms with Crippen LogP contribution in [0.5, 0.6) is 0 Å². The minimum Gasteiger partial charge on any atom is -0.0726 e. The fourth-order valence-corrected chi connectivity index (χ4v) is 2.25. The number of fused-ring (bicyclic) bond motifs is 3. The summed E-state index contributed by atoms with van der Waals surface area (Å²) in [5.74, 6) is 0.509. The first-order valence-corrected chi connectivity index (χ1v) is 5.01. The molecule has 0 spiro atoms. The van der Waals surface area contributed by atoms with Crippen molar-refractivity contribution >= 4 is 6.08 Å². The van der Waals surface area contributed by atoms with Gasteiger partial charge in [0, 0.05) is 5.92 Å². The van der Waals surface area contributed by atoms with Crippen molar-refractivity contribution in [2.75, 3.05) is 0 Å². The lowest BCUT2D eigenvalue weighted by Crippen LogP contribution is -1.96. The molecule has 0 aromatic heterocycles. The molecule has 0 nitrogen and oxygen atoms in total. The summed E-state index contributed by atoms with van der Waals surface area (Å²) >= 11 is 0. The lowest BCUT2D eigenvalue weighted by molar-refractivity contribution is 1.04. The normalized spacial score (nSPS) is 21.8. The topological polar surface area (TPSA) is 0 Å². The third kappa shape index (κ3) is 1.00. The molecule has 0 heterocycles. The van der Waals surface area contributed by atoms with Gasteiger partial charge in [0.15, 0.2) is 0 Å². The smallest absolute Gasteiger partial charge is 0.0278 e. The Kier molecular flexibility index (Phi) is 1.51. The first-order valence-electron chi connectivity index (χ1n) is 5.01. The zero-order valence-electron chi connectivity index (χ0n) is 8.20. The predicted octanol–water partition coefficient (Wildman–Crippen LogP) is 3.60. The second-order valence-corrected chi connectivity index (χ2v) is 4.00. The van der Waals surface area contributed by atoms with Crippen LogP contribution in [0.15, 0.2) is 48.1 Å². The molecule has 0 bridgehead atoms. The molecule has 0 N–H and O–H groups in total. The highest BCUT2D eigenvalue weighted by molar-refractivity contribution is 5.72. The number of allylic oxidation sites excluding steroid dienone is 5. The molecule has 2 aliphatic carbocycles. The molecule has 0 saturated heterocycles. The number of hydrogen-bond acceptors (Lipinski definition) is 0. The van der Waals surface area contributed by atoms with Crippen LogP contribution in [-0.2, 0) is 0 Å². The van der Waals surface area contributed by atoms with E-state index in [-0.39, 0.29) is 0 Å². The highest BCUT2D eigenvalue weighted by atomic mass is 14.3. The molecule has 68 valence electrons. The van der Waals surface area contributed by atoms with Crippen LogP contribution in [-0.4, -0.2) is 0 Å². The van der Waals surface area contributed by atoms with Crippen LogP contribution in [0, 0.1) is 6.92 Å². The monoisotopic (exact) mass is 180 g/mol. The quantitative estimate of drug-likeness (QED) is 0.572. The minimum atomic E-state index is 0.509. The van der Waals surface area contributed by atoms with Gasteiger partial charge in [0.25, 0.3) is 0 Å². The number of hydrogen-bond donors (Lipinski definition) is 0. The summed E-state index contributed by atoms with van der Waals surface area (Å²) in [7, 11) is 0. The molecule has 1 atom stereocenters. The van der Waals surface area contributed by atoms with E-state index in [9.17, 15) is 0 Å². The number of aryl methyl sites for hydroxylation is 1. The zero-order chi connectivity index (χ0) is 9.54. The van der Waals surface area contributed by atoms with Crippen LogP contribution in [0.1, 0.15) is 22.6 Å². The average molecular weight is 180 g/mol. The van der Waals surface area contributed by atoms with Gasteiger partial charge in [-0.15, -0.1) is 0 Å². The van der Waals surface area contributed by atoms with Crippen LogP contribution in [0.4, 0.5) is 0 Å². The molecule has 0 heteroatoms. The molecule has 1 unspecified atom stereocenters. The van der Waals surface area contributed by atoms with Gasteiger partial charge in [0.2, 0.25) is 0 Å². The molecule has 0 radical (unpaired) electrons. The maximum Gasteiger partial charge on any atom is 0.0278 e. The highest BCUT2D eigenvalue weighted by Crippen LogP contribution is 2.39. The van der Waals surface area contributed by atoms with Gasteiger partial charge >= 0.3 is 0 Å². The van der Waals surface area contributed by atoms with Crippen molar-refractivity contribution in [2.24, 2.45) is 0 Å². The Labute approximate surface area is 84.3 Å². The SMILES string of the molecule is Cc1ccc2c(c1)C1C=CC=CC1=C2. The lowest BCUT2D eigenvalue weighted by Gasteiger charge is -2.12. The summed E-state index contributed by atoms with van der Waals surface area (Å²) in [5.41, 5.74) is 5.61. The maximum absolute atomic E-state index is 2.30. The number of rotatable bonds is 0. The summed E-state index contributed by atoms with van der Waals surface area (Å²) in [4.78, 5) is 0. The maximum atomic E-state index is 2.30. The first-order chi connectivity index (χ1) is 6.84. The van der Waals surface area contributed by atoms with Crippen LogP contribution in [0.3, 0.4) is 0 Å². The third-order valence-corrected chi connectivity index (χ3v) is 2.96. The molecule has 0 aliphatic heterocycles. The van der Waals surface area contributed by atoms with E-state index >= 15 is 0 Å². The highest BCUT2D eigenvalue weighted by Gasteiger charge is 2.22. The van der Waals surface area contributed by atoms with E-state index in [0.717, 1.165) is 0 Å². The standard InChI is InChI=1S/C14H12/c1-10-6-7-12-9-11-4-2-3-5-13(11)14(12)8-10/h2-9,13H,1H3. The summed E-state index contributed by atoms with van der Waals surface area (Å²) in [6.07, 6.45) is 11.0. The fraction of sp³-hybridized carbons (Fsp3) is 0.143. The van der Waals surface area contributed by atoms with Crippen LogP contribution in [0.2, 0.25) is 0 Å². The Morgan fingerprint density at radius 3 is 3.00 bits per heavy atom. The van der Waals surface area contributed by atoms with Crippen molar-refractivity contribution in [3.63, 3.8) is 0 Å². The lowest BCUT2D eigenvalue weighted by atomic mass is 9.92. The van der Waals surface area contributed by atoms with Crippen molar-refractivity contribution in [1.82, 2.24) is 0 Å². The average Bonchev–Trinajstić information content (AvgIpc) is 2.56. The van der Waals surface area contributed by atoms with Gasteiger partial charge in [-0.2, -0.15) is 0 Å². The Morgan fingerprint density at radius 1 is 1.14 bits per heavy atom. The zero-order valence-corrected chi connectivity index (χ0v) is 8.20. The summed E-state index contributed by atoms with van der Waals surface area (Å²) < 4.78 is 0. The van der Waals surface area contributed by atoms with Crippen molar-refractivity contribution < 1.29 is 0 Å². The van der Waals surface area contributed by atoms with Crippen LogP contribution in [0.25, 0.3) is 6.08 Å². The van der Waals surface area contributed by atoms with Crippen LogP contribution >= 0.6 is 0 Å². The van der Waals surface area contributed by atoms with Crippen molar-refractivity contribution in [1.29, 1.82) is 0 Å². The molecule has 14 heavy (non-hydrogen) atoms. The van der Waals surface area contributed by atoms with E-state index in [4.69, 9.17) is 0 Å². The molecule has 2 aliphatic rings. The van der Waals surface area contributed by atoms with Gasteiger partial charge in [0.05, 0.1) is 0 Å². The predicted molar refractivity (Wildman–Crippen MR) is 60.2 cm³/mol. The molecule has 1 aromatic carbocycles. The third-order valence-electron chi connectivity index (χ3n) is 2.96. The van der Waals surface area contributed by atoms with Crippen molar-refractivity contribution in [3.05, 3.63) is 64.8 Å². The van der Waals surface area contributed by atoms with Gasteiger partial charge in [0.1, 0.15) is 0 Å². The molecular formula is C14H12. The van der Waals surface area contributed by atoms with E-state index in [1.165, 1.54) is 22.3 Å². The van der Waals surface area contributed by atoms with E-state index in [0.29, 0.717) is 5.92 Å². The molecule has 3 rings (SSSR count).